The number of rotatable bonds is 4. The molecule has 1 aromatic carbocycles. The minimum atomic E-state index is 0.0298. The van der Waals surface area contributed by atoms with Gasteiger partial charge in [-0.3, -0.25) is 0 Å². The molecule has 0 aliphatic rings. The summed E-state index contributed by atoms with van der Waals surface area (Å²) in [6.07, 6.45) is 2.75. The maximum absolute atomic E-state index is 8.50. The number of aliphatic hydroxyl groups excluding tert-OH is 1. The molecule has 0 amide bonds. The Hall–Kier alpha value is -1.28. The highest BCUT2D eigenvalue weighted by atomic mass is 16.5. The standard InChI is InChI=1S/C10H11O2/c1-2-9-4-3-5-10(8-9)12-7-6-11/h3-5,8,11H,1,6-7H2. The fourth-order valence-electron chi connectivity index (χ4n) is 0.859. The van der Waals surface area contributed by atoms with E-state index in [1.807, 2.05) is 24.3 Å². The smallest absolute Gasteiger partial charge is 0.120 e. The lowest BCUT2D eigenvalue weighted by Gasteiger charge is -2.03. The summed E-state index contributed by atoms with van der Waals surface area (Å²) in [6, 6.07) is 7.40. The minimum absolute atomic E-state index is 0.0298. The maximum Gasteiger partial charge on any atom is 0.120 e. The van der Waals surface area contributed by atoms with Crippen molar-refractivity contribution < 1.29 is 9.84 Å². The van der Waals surface area contributed by atoms with E-state index < -0.39 is 0 Å². The van der Waals surface area contributed by atoms with Crippen molar-refractivity contribution in [3.63, 3.8) is 0 Å². The number of hydrogen-bond donors (Lipinski definition) is 1. The Morgan fingerprint density at radius 2 is 2.33 bits per heavy atom. The molecule has 0 atom stereocenters. The third-order valence-corrected chi connectivity index (χ3v) is 1.40. The Balaban J connectivity index is 2.66. The van der Waals surface area contributed by atoms with Gasteiger partial charge in [-0.1, -0.05) is 18.7 Å². The first-order valence-corrected chi connectivity index (χ1v) is 3.73. The van der Waals surface area contributed by atoms with Gasteiger partial charge in [0.05, 0.1) is 6.61 Å². The van der Waals surface area contributed by atoms with Crippen LogP contribution in [0, 0.1) is 6.08 Å². The monoisotopic (exact) mass is 163 g/mol. The van der Waals surface area contributed by atoms with Gasteiger partial charge in [-0.2, -0.15) is 0 Å². The van der Waals surface area contributed by atoms with E-state index in [-0.39, 0.29) is 6.61 Å². The van der Waals surface area contributed by atoms with Crippen LogP contribution in [-0.2, 0) is 0 Å². The molecule has 12 heavy (non-hydrogen) atoms. The first-order valence-electron chi connectivity index (χ1n) is 3.73. The van der Waals surface area contributed by atoms with Crippen LogP contribution in [0.3, 0.4) is 0 Å². The van der Waals surface area contributed by atoms with Crippen LogP contribution < -0.4 is 4.74 Å². The molecule has 63 valence electrons. The van der Waals surface area contributed by atoms with Gasteiger partial charge < -0.3 is 9.84 Å². The molecule has 1 rings (SSSR count). The van der Waals surface area contributed by atoms with Gasteiger partial charge in [0.2, 0.25) is 0 Å². The molecule has 0 bridgehead atoms. The largest absolute Gasteiger partial charge is 0.491 e. The molecule has 1 aromatic rings. The summed E-state index contributed by atoms with van der Waals surface area (Å²) in [6.45, 7) is 3.87. The number of aliphatic hydroxyl groups is 1. The molecule has 0 aliphatic heterocycles. The summed E-state index contributed by atoms with van der Waals surface area (Å²) in [5.74, 6) is 0.734. The van der Waals surface area contributed by atoms with Gasteiger partial charge in [-0.05, 0) is 23.8 Å². The zero-order valence-corrected chi connectivity index (χ0v) is 6.79. The lowest BCUT2D eigenvalue weighted by Crippen LogP contribution is -2.01. The van der Waals surface area contributed by atoms with Crippen molar-refractivity contribution in [2.24, 2.45) is 0 Å². The van der Waals surface area contributed by atoms with Crippen LogP contribution in [-0.4, -0.2) is 18.3 Å². The Morgan fingerprint density at radius 3 is 3.00 bits per heavy atom. The quantitative estimate of drug-likeness (QED) is 0.726. The fourth-order valence-corrected chi connectivity index (χ4v) is 0.859. The summed E-state index contributed by atoms with van der Waals surface area (Å²) in [4.78, 5) is 0. The molecule has 0 spiro atoms. The average molecular weight is 163 g/mol. The van der Waals surface area contributed by atoms with E-state index in [4.69, 9.17) is 9.84 Å². The molecule has 0 aromatic heterocycles. The Morgan fingerprint density at radius 1 is 1.50 bits per heavy atom. The lowest BCUT2D eigenvalue weighted by atomic mass is 10.2. The fraction of sp³-hybridized carbons (Fsp3) is 0.200. The van der Waals surface area contributed by atoms with E-state index in [2.05, 4.69) is 12.7 Å². The van der Waals surface area contributed by atoms with Crippen molar-refractivity contribution in [3.8, 4) is 5.75 Å². The molecule has 2 nitrogen and oxygen atoms in total. The van der Waals surface area contributed by atoms with Gasteiger partial charge in [0.1, 0.15) is 12.4 Å². The van der Waals surface area contributed by atoms with Crippen molar-refractivity contribution in [2.45, 2.75) is 0 Å². The second-order valence-electron chi connectivity index (χ2n) is 2.28. The summed E-state index contributed by atoms with van der Waals surface area (Å²) >= 11 is 0. The minimum Gasteiger partial charge on any atom is -0.491 e. The third-order valence-electron chi connectivity index (χ3n) is 1.40. The van der Waals surface area contributed by atoms with Gasteiger partial charge in [0.15, 0.2) is 0 Å². The highest BCUT2D eigenvalue weighted by Gasteiger charge is 1.92. The van der Waals surface area contributed by atoms with Gasteiger partial charge in [-0.25, -0.2) is 0 Å². The van der Waals surface area contributed by atoms with Crippen LogP contribution in [0.1, 0.15) is 5.56 Å². The van der Waals surface area contributed by atoms with Crippen LogP contribution in [0.15, 0.2) is 30.8 Å². The second-order valence-corrected chi connectivity index (χ2v) is 2.28. The number of ether oxygens (including phenoxy) is 1. The molecule has 0 aliphatic carbocycles. The van der Waals surface area contributed by atoms with E-state index in [1.54, 1.807) is 0 Å². The zero-order chi connectivity index (χ0) is 8.81. The summed E-state index contributed by atoms with van der Waals surface area (Å²) < 4.78 is 5.18. The van der Waals surface area contributed by atoms with Gasteiger partial charge in [0.25, 0.3) is 0 Å². The number of hydrogen-bond acceptors (Lipinski definition) is 2. The predicted octanol–water partition coefficient (Wildman–Crippen LogP) is 1.39. The highest BCUT2D eigenvalue weighted by Crippen LogP contribution is 2.12. The van der Waals surface area contributed by atoms with Crippen molar-refractivity contribution >= 4 is 0 Å². The summed E-state index contributed by atoms with van der Waals surface area (Å²) in [5.41, 5.74) is 0.894. The van der Waals surface area contributed by atoms with E-state index in [9.17, 15) is 0 Å². The van der Waals surface area contributed by atoms with Crippen molar-refractivity contribution in [2.75, 3.05) is 13.2 Å². The summed E-state index contributed by atoms with van der Waals surface area (Å²) in [7, 11) is 0. The molecule has 0 fully saturated rings. The second kappa shape index (κ2) is 4.57. The van der Waals surface area contributed by atoms with E-state index in [0.29, 0.717) is 6.61 Å². The van der Waals surface area contributed by atoms with E-state index >= 15 is 0 Å². The van der Waals surface area contributed by atoms with Crippen molar-refractivity contribution in [1.82, 2.24) is 0 Å². The molecule has 2 heteroatoms. The van der Waals surface area contributed by atoms with Gasteiger partial charge >= 0.3 is 0 Å². The molecule has 1 radical (unpaired) electrons. The van der Waals surface area contributed by atoms with Crippen LogP contribution >= 0.6 is 0 Å². The van der Waals surface area contributed by atoms with E-state index in [1.165, 1.54) is 0 Å². The van der Waals surface area contributed by atoms with Gasteiger partial charge in [-0.15, -0.1) is 0 Å². The molecule has 0 unspecified atom stereocenters. The maximum atomic E-state index is 8.50. The normalized spacial score (nSPS) is 9.42. The third kappa shape index (κ3) is 2.40. The van der Waals surface area contributed by atoms with Crippen LogP contribution in [0.5, 0.6) is 5.75 Å². The Labute approximate surface area is 72.1 Å². The predicted molar refractivity (Wildman–Crippen MR) is 47.0 cm³/mol. The first-order chi connectivity index (χ1) is 5.86. The van der Waals surface area contributed by atoms with E-state index in [0.717, 1.165) is 11.3 Å². The summed E-state index contributed by atoms with van der Waals surface area (Å²) in [5, 5.41) is 8.50. The molecular formula is C10H11O2. The molecule has 0 saturated carbocycles. The molecule has 1 N–H and O–H groups in total. The van der Waals surface area contributed by atoms with Gasteiger partial charge in [0, 0.05) is 0 Å². The highest BCUT2D eigenvalue weighted by molar-refractivity contribution is 5.31. The van der Waals surface area contributed by atoms with Crippen LogP contribution in [0.4, 0.5) is 0 Å². The van der Waals surface area contributed by atoms with Crippen molar-refractivity contribution in [3.05, 3.63) is 42.5 Å². The SMILES string of the molecule is C=[C]c1cccc(OCCO)c1. The van der Waals surface area contributed by atoms with Crippen LogP contribution in [0.25, 0.3) is 0 Å². The van der Waals surface area contributed by atoms with Crippen LogP contribution in [0.2, 0.25) is 0 Å². The Bertz CT molecular complexity index is 256. The van der Waals surface area contributed by atoms with Crippen molar-refractivity contribution in [1.29, 1.82) is 0 Å². The lowest BCUT2D eigenvalue weighted by molar-refractivity contribution is 0.201. The molecule has 0 heterocycles. The molecule has 0 saturated heterocycles. The Kier molecular flexibility index (Phi) is 3.35. The number of benzene rings is 1. The first kappa shape index (κ1) is 8.81. The zero-order valence-electron chi connectivity index (χ0n) is 6.79. The average Bonchev–Trinajstić information content (AvgIpc) is 2.15. The topological polar surface area (TPSA) is 29.5 Å². The molecular weight excluding hydrogens is 152 g/mol.